The van der Waals surface area contributed by atoms with Gasteiger partial charge in [-0.05, 0) is 48.4 Å². The van der Waals surface area contributed by atoms with Gasteiger partial charge in [-0.25, -0.2) is 4.79 Å². The zero-order valence-electron chi connectivity index (χ0n) is 16.0. The number of carbonyl (C=O) groups is 2. The van der Waals surface area contributed by atoms with Crippen molar-refractivity contribution in [2.75, 3.05) is 25.0 Å². The lowest BCUT2D eigenvalue weighted by atomic mass is 10.1. The molecule has 2 heterocycles. The summed E-state index contributed by atoms with van der Waals surface area (Å²) in [5.41, 5.74) is 4.31. The van der Waals surface area contributed by atoms with E-state index in [1.54, 1.807) is 23.0 Å². The number of carbonyl (C=O) groups excluding carboxylic acids is 2. The Morgan fingerprint density at radius 3 is 2.86 bits per heavy atom. The Bertz CT molecular complexity index is 1060. The van der Waals surface area contributed by atoms with Crippen molar-refractivity contribution in [2.45, 2.75) is 13.5 Å². The molecule has 142 valence electrons. The molecule has 0 atom stereocenters. The maximum atomic E-state index is 13.0. The molecule has 2 aromatic carbocycles. The van der Waals surface area contributed by atoms with Gasteiger partial charge in [-0.15, -0.1) is 0 Å². The largest absolute Gasteiger partial charge is 0.337 e. The third kappa shape index (κ3) is 3.41. The van der Waals surface area contributed by atoms with Crippen molar-refractivity contribution in [3.8, 4) is 0 Å². The van der Waals surface area contributed by atoms with E-state index in [1.807, 2.05) is 49.4 Å². The molecule has 1 aliphatic heterocycles. The first kappa shape index (κ1) is 18.0. The monoisotopic (exact) mass is 374 g/mol. The lowest BCUT2D eigenvalue weighted by Gasteiger charge is -2.21. The second kappa shape index (κ2) is 7.31. The van der Waals surface area contributed by atoms with Gasteiger partial charge in [0, 0.05) is 49.5 Å². The van der Waals surface area contributed by atoms with Crippen LogP contribution in [0, 0.1) is 6.92 Å². The van der Waals surface area contributed by atoms with Gasteiger partial charge >= 0.3 is 6.03 Å². The summed E-state index contributed by atoms with van der Waals surface area (Å²) >= 11 is 0. The predicted octanol–water partition coefficient (Wildman–Crippen LogP) is 3.35. The molecule has 0 radical (unpaired) electrons. The molecule has 1 fully saturated rings. The summed E-state index contributed by atoms with van der Waals surface area (Å²) in [5.74, 6) is -0.0767. The Balaban J connectivity index is 1.55. The number of nitrogens with zero attached hydrogens (tertiary/aromatic N) is 3. The summed E-state index contributed by atoms with van der Waals surface area (Å²) < 4.78 is 0. The molecule has 6 nitrogen and oxygen atoms in total. The van der Waals surface area contributed by atoms with Gasteiger partial charge in [-0.2, -0.15) is 0 Å². The van der Waals surface area contributed by atoms with Crippen molar-refractivity contribution in [1.82, 2.24) is 15.2 Å². The minimum Gasteiger partial charge on any atom is -0.337 e. The van der Waals surface area contributed by atoms with Crippen molar-refractivity contribution in [2.24, 2.45) is 0 Å². The van der Waals surface area contributed by atoms with Gasteiger partial charge in [-0.3, -0.25) is 14.7 Å². The number of hydrogen-bond acceptors (Lipinski definition) is 3. The van der Waals surface area contributed by atoms with E-state index in [1.165, 1.54) is 0 Å². The van der Waals surface area contributed by atoms with E-state index in [2.05, 4.69) is 16.4 Å². The van der Waals surface area contributed by atoms with Crippen LogP contribution in [-0.2, 0) is 6.54 Å². The van der Waals surface area contributed by atoms with Crippen LogP contribution in [0.1, 0.15) is 21.5 Å². The van der Waals surface area contributed by atoms with Crippen LogP contribution < -0.4 is 10.2 Å². The maximum Gasteiger partial charge on any atom is 0.322 e. The number of fused-ring (bicyclic) bond motifs is 1. The third-order valence-corrected chi connectivity index (χ3v) is 5.04. The van der Waals surface area contributed by atoms with Crippen LogP contribution in [-0.4, -0.2) is 42.0 Å². The van der Waals surface area contributed by atoms with Crippen LogP contribution in [0.25, 0.3) is 10.9 Å². The highest BCUT2D eigenvalue weighted by atomic mass is 16.2. The minimum atomic E-state index is -0.120. The lowest BCUT2D eigenvalue weighted by Crippen LogP contribution is -2.29. The summed E-state index contributed by atoms with van der Waals surface area (Å²) in [5, 5.41) is 3.85. The highest BCUT2D eigenvalue weighted by Gasteiger charge is 2.24. The van der Waals surface area contributed by atoms with Crippen molar-refractivity contribution in [3.05, 3.63) is 71.4 Å². The van der Waals surface area contributed by atoms with E-state index in [0.717, 1.165) is 27.7 Å². The fourth-order valence-electron chi connectivity index (χ4n) is 3.52. The Morgan fingerprint density at radius 2 is 2.07 bits per heavy atom. The SMILES string of the molecule is Cc1ccc(C(=O)N(C)Cc2ccc3ncccc3c2)cc1N1CCNC1=O. The molecule has 3 aromatic rings. The molecule has 0 aliphatic carbocycles. The predicted molar refractivity (Wildman–Crippen MR) is 109 cm³/mol. The lowest BCUT2D eigenvalue weighted by molar-refractivity contribution is 0.0785. The quantitative estimate of drug-likeness (QED) is 0.762. The number of aryl methyl sites for hydroxylation is 1. The fourth-order valence-corrected chi connectivity index (χ4v) is 3.52. The van der Waals surface area contributed by atoms with E-state index >= 15 is 0 Å². The molecular weight excluding hydrogens is 352 g/mol. The van der Waals surface area contributed by atoms with Crippen LogP contribution in [0.3, 0.4) is 0 Å². The maximum absolute atomic E-state index is 13.0. The fraction of sp³-hybridized carbons (Fsp3) is 0.227. The number of pyridine rings is 1. The van der Waals surface area contributed by atoms with Crippen LogP contribution in [0.2, 0.25) is 0 Å². The molecule has 3 amide bonds. The highest BCUT2D eigenvalue weighted by molar-refractivity contribution is 5.99. The normalized spacial score (nSPS) is 13.6. The highest BCUT2D eigenvalue weighted by Crippen LogP contribution is 2.24. The average Bonchev–Trinajstić information content (AvgIpc) is 3.13. The number of nitrogens with one attached hydrogen (secondary N) is 1. The van der Waals surface area contributed by atoms with Crippen molar-refractivity contribution >= 4 is 28.5 Å². The number of aromatic nitrogens is 1. The number of urea groups is 1. The molecular formula is C22H22N4O2. The van der Waals surface area contributed by atoms with Gasteiger partial charge in [0.15, 0.2) is 0 Å². The molecule has 0 saturated carbocycles. The summed E-state index contributed by atoms with van der Waals surface area (Å²) in [4.78, 5) is 32.7. The number of rotatable bonds is 4. The van der Waals surface area contributed by atoms with Gasteiger partial charge in [-0.1, -0.05) is 18.2 Å². The van der Waals surface area contributed by atoms with E-state index < -0.39 is 0 Å². The summed E-state index contributed by atoms with van der Waals surface area (Å²) in [6.07, 6.45) is 1.77. The van der Waals surface area contributed by atoms with Gasteiger partial charge < -0.3 is 10.2 Å². The number of anilines is 1. The molecule has 4 rings (SSSR count). The zero-order valence-corrected chi connectivity index (χ0v) is 16.0. The molecule has 1 aliphatic rings. The Labute approximate surface area is 163 Å². The third-order valence-electron chi connectivity index (χ3n) is 5.04. The summed E-state index contributed by atoms with van der Waals surface area (Å²) in [7, 11) is 1.79. The van der Waals surface area contributed by atoms with Crippen molar-refractivity contribution < 1.29 is 9.59 Å². The molecule has 0 spiro atoms. The molecule has 0 unspecified atom stereocenters. The van der Waals surface area contributed by atoms with E-state index in [4.69, 9.17) is 0 Å². The number of benzene rings is 2. The molecule has 1 saturated heterocycles. The second-order valence-corrected chi connectivity index (χ2v) is 7.08. The molecule has 1 aromatic heterocycles. The minimum absolute atomic E-state index is 0.0767. The first-order valence-corrected chi connectivity index (χ1v) is 9.28. The van der Waals surface area contributed by atoms with Gasteiger partial charge in [0.2, 0.25) is 0 Å². The Morgan fingerprint density at radius 1 is 1.21 bits per heavy atom. The molecule has 6 heteroatoms. The first-order chi connectivity index (χ1) is 13.5. The summed E-state index contributed by atoms with van der Waals surface area (Å²) in [6.45, 7) is 3.67. The zero-order chi connectivity index (χ0) is 19.7. The Hall–Kier alpha value is -3.41. The topological polar surface area (TPSA) is 65.5 Å². The second-order valence-electron chi connectivity index (χ2n) is 7.08. The van der Waals surface area contributed by atoms with Crippen LogP contribution >= 0.6 is 0 Å². The first-order valence-electron chi connectivity index (χ1n) is 9.28. The molecule has 0 bridgehead atoms. The average molecular weight is 374 g/mol. The summed E-state index contributed by atoms with van der Waals surface area (Å²) in [6, 6.07) is 15.3. The van der Waals surface area contributed by atoms with E-state index in [0.29, 0.717) is 25.2 Å². The van der Waals surface area contributed by atoms with Gasteiger partial charge in [0.05, 0.1) is 5.52 Å². The standard InChI is InChI=1S/C22H22N4O2/c1-15-5-7-18(13-20(15)26-11-10-24-22(26)28)21(27)25(2)14-16-6-8-19-17(12-16)4-3-9-23-19/h3-9,12-13H,10-11,14H2,1-2H3,(H,24,28). The van der Waals surface area contributed by atoms with Gasteiger partial charge in [0.1, 0.15) is 0 Å². The van der Waals surface area contributed by atoms with E-state index in [9.17, 15) is 9.59 Å². The van der Waals surface area contributed by atoms with Gasteiger partial charge in [0.25, 0.3) is 5.91 Å². The number of hydrogen-bond donors (Lipinski definition) is 1. The number of amides is 3. The molecule has 1 N–H and O–H groups in total. The smallest absolute Gasteiger partial charge is 0.322 e. The molecule has 28 heavy (non-hydrogen) atoms. The Kier molecular flexibility index (Phi) is 4.69. The van der Waals surface area contributed by atoms with Crippen LogP contribution in [0.5, 0.6) is 0 Å². The van der Waals surface area contributed by atoms with Crippen LogP contribution in [0.4, 0.5) is 10.5 Å². The van der Waals surface area contributed by atoms with Crippen LogP contribution in [0.15, 0.2) is 54.7 Å². The van der Waals surface area contributed by atoms with Crippen molar-refractivity contribution in [1.29, 1.82) is 0 Å². The van der Waals surface area contributed by atoms with Crippen molar-refractivity contribution in [3.63, 3.8) is 0 Å². The van der Waals surface area contributed by atoms with E-state index in [-0.39, 0.29) is 11.9 Å².